The minimum atomic E-state index is -0.139. The topological polar surface area (TPSA) is 12.4 Å². The molecule has 0 unspecified atom stereocenters. The van der Waals surface area contributed by atoms with Gasteiger partial charge < -0.3 is 4.90 Å². The van der Waals surface area contributed by atoms with Crippen molar-refractivity contribution < 1.29 is 0 Å². The van der Waals surface area contributed by atoms with Crippen molar-refractivity contribution >= 4 is 21.5 Å². The number of rotatable bonds is 11. The molecule has 3 heteroatoms. The molecular formula is C20H36B2N. The van der Waals surface area contributed by atoms with E-state index < -0.39 is 0 Å². The third-order valence-electron chi connectivity index (χ3n) is 4.82. The maximum Gasteiger partial charge on any atom is 0.274 e. The number of hydrogen-bond donors (Lipinski definition) is 0. The Morgan fingerprint density at radius 3 is 2.26 bits per heavy atom. The van der Waals surface area contributed by atoms with Crippen LogP contribution in [0.1, 0.15) is 96.8 Å². The van der Waals surface area contributed by atoms with Crippen molar-refractivity contribution in [2.24, 2.45) is 4.90 Å². The van der Waals surface area contributed by atoms with Crippen molar-refractivity contribution in [3.05, 3.63) is 12.2 Å². The predicted octanol–water partition coefficient (Wildman–Crippen LogP) is 6.47. The van der Waals surface area contributed by atoms with E-state index in [1.54, 1.807) is 0 Å². The van der Waals surface area contributed by atoms with E-state index in [-0.39, 0.29) is 5.31 Å². The average molecular weight is 312 g/mol. The Hall–Kier alpha value is -0.460. The zero-order chi connectivity index (χ0) is 16.6. The van der Waals surface area contributed by atoms with E-state index in [1.807, 2.05) is 6.21 Å². The summed E-state index contributed by atoms with van der Waals surface area (Å²) in [5.74, 6) is 0. The molecule has 0 amide bonds. The van der Waals surface area contributed by atoms with Crippen LogP contribution in [0.15, 0.2) is 17.1 Å². The lowest BCUT2D eigenvalue weighted by molar-refractivity contribution is 0.470. The van der Waals surface area contributed by atoms with Gasteiger partial charge in [-0.3, -0.25) is 0 Å². The number of hydrogen-bond acceptors (Lipinski definition) is 1. The van der Waals surface area contributed by atoms with E-state index in [4.69, 9.17) is 7.85 Å². The summed E-state index contributed by atoms with van der Waals surface area (Å²) < 4.78 is 0. The molecule has 0 aromatic rings. The van der Waals surface area contributed by atoms with Gasteiger partial charge in [-0.1, -0.05) is 96.0 Å². The molecule has 1 fully saturated rings. The summed E-state index contributed by atoms with van der Waals surface area (Å²) in [6, 6.07) is 0. The summed E-state index contributed by atoms with van der Waals surface area (Å²) in [7, 11) is 8.56. The lowest BCUT2D eigenvalue weighted by Crippen LogP contribution is -2.17. The highest BCUT2D eigenvalue weighted by Crippen LogP contribution is 2.35. The lowest BCUT2D eigenvalue weighted by Gasteiger charge is -2.28. The number of allylic oxidation sites excluding steroid dienone is 2. The van der Waals surface area contributed by atoms with Crippen molar-refractivity contribution in [3.63, 3.8) is 0 Å². The molecule has 1 saturated carbocycles. The number of unbranched alkanes of at least 4 members (excludes halogenated alkanes) is 5. The fourth-order valence-corrected chi connectivity index (χ4v) is 3.20. The fraction of sp³-hybridized carbons (Fsp3) is 0.850. The summed E-state index contributed by atoms with van der Waals surface area (Å²) >= 11 is 0. The first kappa shape index (κ1) is 20.6. The molecular weight excluding hydrogens is 276 g/mol. The Balaban J connectivity index is 1.99. The summed E-state index contributed by atoms with van der Waals surface area (Å²) in [6.07, 6.45) is 25.6. The van der Waals surface area contributed by atoms with Gasteiger partial charge in [-0.2, -0.15) is 0 Å². The maximum atomic E-state index is 6.48. The Morgan fingerprint density at radius 2 is 1.57 bits per heavy atom. The molecule has 1 rings (SSSR count). The number of nitrogens with zero attached hydrogens (tertiary/aromatic N) is 1. The van der Waals surface area contributed by atoms with Crippen LogP contribution in [0.3, 0.4) is 0 Å². The highest BCUT2D eigenvalue weighted by Gasteiger charge is 2.21. The molecule has 0 aromatic carbocycles. The van der Waals surface area contributed by atoms with E-state index in [2.05, 4.69) is 31.4 Å². The predicted molar refractivity (Wildman–Crippen MR) is 107 cm³/mol. The molecule has 0 atom stereocenters. The summed E-state index contributed by atoms with van der Waals surface area (Å²) in [5.41, 5.74) is 0. The molecule has 0 saturated heterocycles. The molecule has 0 bridgehead atoms. The van der Waals surface area contributed by atoms with Crippen LogP contribution in [-0.4, -0.2) is 21.5 Å². The minimum Gasteiger partial charge on any atom is -0.360 e. The average Bonchev–Trinajstić information content (AvgIpc) is 2.53. The van der Waals surface area contributed by atoms with E-state index in [0.717, 1.165) is 19.2 Å². The second-order valence-corrected chi connectivity index (χ2v) is 7.21. The SMILES string of the molecule is [B]C1(C=N[B]CCCCC/C=C\CCCC)CCCCCCC1. The third kappa shape index (κ3) is 11.7. The Kier molecular flexibility index (Phi) is 12.5. The second kappa shape index (κ2) is 13.9. The molecule has 23 heavy (non-hydrogen) atoms. The van der Waals surface area contributed by atoms with Gasteiger partial charge >= 0.3 is 0 Å². The van der Waals surface area contributed by atoms with Crippen molar-refractivity contribution in [1.82, 2.24) is 0 Å². The van der Waals surface area contributed by atoms with Gasteiger partial charge in [0.05, 0.1) is 7.85 Å². The summed E-state index contributed by atoms with van der Waals surface area (Å²) in [4.78, 5) is 4.52. The van der Waals surface area contributed by atoms with Gasteiger partial charge in [0.15, 0.2) is 0 Å². The van der Waals surface area contributed by atoms with Crippen LogP contribution in [0, 0.1) is 0 Å². The van der Waals surface area contributed by atoms with Crippen LogP contribution >= 0.6 is 0 Å². The van der Waals surface area contributed by atoms with Crippen LogP contribution < -0.4 is 0 Å². The van der Waals surface area contributed by atoms with Crippen molar-refractivity contribution in [2.45, 2.75) is 108 Å². The molecule has 1 aliphatic rings. The molecule has 1 nitrogen and oxygen atoms in total. The van der Waals surface area contributed by atoms with Crippen molar-refractivity contribution in [2.75, 3.05) is 0 Å². The highest BCUT2D eigenvalue weighted by atomic mass is 14.6. The largest absolute Gasteiger partial charge is 0.360 e. The maximum absolute atomic E-state index is 6.48. The van der Waals surface area contributed by atoms with Gasteiger partial charge in [0.2, 0.25) is 0 Å². The third-order valence-corrected chi connectivity index (χ3v) is 4.82. The van der Waals surface area contributed by atoms with E-state index in [0.29, 0.717) is 0 Å². The Labute approximate surface area is 147 Å². The minimum absolute atomic E-state index is 0.139. The first-order valence-electron chi connectivity index (χ1n) is 10.1. The standard InChI is InChI=1S/C20H36B2N/c1-2-3-4-5-6-7-8-12-15-18-22-23-19-20(21)16-13-10-9-11-14-17-20/h5-6,19H,2-4,7-18H2,1H3/b6-5-,23-19?. The molecule has 0 heterocycles. The van der Waals surface area contributed by atoms with E-state index in [1.165, 1.54) is 77.0 Å². The van der Waals surface area contributed by atoms with Crippen LogP contribution in [0.25, 0.3) is 0 Å². The van der Waals surface area contributed by atoms with E-state index in [9.17, 15) is 0 Å². The molecule has 3 radical (unpaired) electrons. The van der Waals surface area contributed by atoms with E-state index >= 15 is 0 Å². The smallest absolute Gasteiger partial charge is 0.274 e. The van der Waals surface area contributed by atoms with Crippen molar-refractivity contribution in [1.29, 1.82) is 0 Å². The zero-order valence-electron chi connectivity index (χ0n) is 15.4. The molecule has 1 aliphatic carbocycles. The Morgan fingerprint density at radius 1 is 0.913 bits per heavy atom. The van der Waals surface area contributed by atoms with Gasteiger partial charge in [-0.15, -0.1) is 0 Å². The quantitative estimate of drug-likeness (QED) is 0.179. The molecule has 0 spiro atoms. The lowest BCUT2D eigenvalue weighted by atomic mass is 9.62. The van der Waals surface area contributed by atoms with Crippen LogP contribution in [0.5, 0.6) is 0 Å². The molecule has 127 valence electrons. The van der Waals surface area contributed by atoms with Gasteiger partial charge in [-0.25, -0.2) is 0 Å². The van der Waals surface area contributed by atoms with Gasteiger partial charge in [-0.05, 0) is 30.8 Å². The molecule has 0 aliphatic heterocycles. The van der Waals surface area contributed by atoms with Gasteiger partial charge in [0.1, 0.15) is 0 Å². The van der Waals surface area contributed by atoms with Crippen LogP contribution in [0.2, 0.25) is 11.6 Å². The zero-order valence-corrected chi connectivity index (χ0v) is 15.4. The van der Waals surface area contributed by atoms with Crippen molar-refractivity contribution in [3.8, 4) is 0 Å². The van der Waals surface area contributed by atoms with Gasteiger partial charge in [0, 0.05) is 0 Å². The fourth-order valence-electron chi connectivity index (χ4n) is 3.20. The summed E-state index contributed by atoms with van der Waals surface area (Å²) in [6.45, 7) is 2.25. The van der Waals surface area contributed by atoms with Gasteiger partial charge in [0.25, 0.3) is 7.41 Å². The normalized spacial score (nSPS) is 19.0. The van der Waals surface area contributed by atoms with Crippen LogP contribution in [0.4, 0.5) is 0 Å². The first-order valence-corrected chi connectivity index (χ1v) is 10.1. The summed E-state index contributed by atoms with van der Waals surface area (Å²) in [5, 5.41) is -0.139. The first-order chi connectivity index (χ1) is 11.3. The molecule has 0 N–H and O–H groups in total. The van der Waals surface area contributed by atoms with Crippen LogP contribution in [-0.2, 0) is 0 Å². The highest BCUT2D eigenvalue weighted by molar-refractivity contribution is 6.37. The Bertz CT molecular complexity index is 318. The second-order valence-electron chi connectivity index (χ2n) is 7.21. The monoisotopic (exact) mass is 312 g/mol. The molecule has 0 aromatic heterocycles.